The quantitative estimate of drug-likeness (QED) is 0.240. The van der Waals surface area contributed by atoms with Crippen LogP contribution in [-0.2, 0) is 5.41 Å². The molecule has 1 atom stereocenters. The second-order valence-corrected chi connectivity index (χ2v) is 15.3. The Kier molecular flexibility index (Phi) is 9.55. The van der Waals surface area contributed by atoms with Crippen LogP contribution in [-0.4, -0.2) is 27.5 Å². The Morgan fingerprint density at radius 3 is 1.84 bits per heavy atom. The van der Waals surface area contributed by atoms with E-state index < -0.39 is 19.8 Å². The third-order valence-corrected chi connectivity index (χ3v) is 13.9. The molecule has 0 aromatic heterocycles. The van der Waals surface area contributed by atoms with Crippen LogP contribution in [0.4, 0.5) is 0 Å². The summed E-state index contributed by atoms with van der Waals surface area (Å²) >= 11 is -0.940. The van der Waals surface area contributed by atoms with E-state index in [1.807, 2.05) is 0 Å². The standard InChI is InChI=1S/C28H41IO2/c1-5-13-25(22-29-18-9-7-6-8-10-19-29)28(2,23-14-11-16-26(20-23)30-3)24-15-12-17-27(21-24)31-4/h11-12,14-17,20-21,25H,5-10,13,18-19,22H2,1-4H3. The molecule has 1 saturated heterocycles. The molecule has 2 aromatic rings. The number of halogens is 1. The fourth-order valence-electron chi connectivity index (χ4n) is 5.01. The van der Waals surface area contributed by atoms with E-state index in [0.29, 0.717) is 5.92 Å². The number of ether oxygens (including phenoxy) is 2. The Hall–Kier alpha value is -1.23. The molecular weight excluding hydrogens is 495 g/mol. The number of hydrogen-bond donors (Lipinski definition) is 0. The molecule has 0 radical (unpaired) electrons. The predicted molar refractivity (Wildman–Crippen MR) is 143 cm³/mol. The van der Waals surface area contributed by atoms with Crippen LogP contribution in [0.1, 0.15) is 69.9 Å². The van der Waals surface area contributed by atoms with Gasteiger partial charge in [-0.15, -0.1) is 0 Å². The van der Waals surface area contributed by atoms with Gasteiger partial charge in [-0.05, 0) is 0 Å². The van der Waals surface area contributed by atoms with E-state index in [1.165, 1.54) is 60.5 Å². The summed E-state index contributed by atoms with van der Waals surface area (Å²) in [6.07, 6.45) is 9.81. The van der Waals surface area contributed by atoms with Crippen molar-refractivity contribution in [1.82, 2.24) is 0 Å². The topological polar surface area (TPSA) is 18.5 Å². The Morgan fingerprint density at radius 2 is 1.35 bits per heavy atom. The van der Waals surface area contributed by atoms with Crippen LogP contribution >= 0.6 is 19.8 Å². The van der Waals surface area contributed by atoms with E-state index in [4.69, 9.17) is 9.47 Å². The van der Waals surface area contributed by atoms with Crippen LogP contribution in [0.25, 0.3) is 0 Å². The molecule has 0 saturated carbocycles. The number of alkyl halides is 3. The molecule has 172 valence electrons. The normalized spacial score (nSPS) is 17.5. The van der Waals surface area contributed by atoms with E-state index in [1.54, 1.807) is 23.1 Å². The van der Waals surface area contributed by atoms with E-state index in [-0.39, 0.29) is 5.41 Å². The molecular formula is C28H41IO2. The van der Waals surface area contributed by atoms with Crippen LogP contribution in [0, 0.1) is 5.92 Å². The van der Waals surface area contributed by atoms with Gasteiger partial charge >= 0.3 is 198 Å². The maximum absolute atomic E-state index is 5.64. The van der Waals surface area contributed by atoms with Crippen LogP contribution in [0.5, 0.6) is 11.5 Å². The van der Waals surface area contributed by atoms with Crippen LogP contribution < -0.4 is 9.47 Å². The molecule has 0 amide bonds. The van der Waals surface area contributed by atoms with Crippen LogP contribution in [0.2, 0.25) is 0 Å². The van der Waals surface area contributed by atoms with Crippen LogP contribution in [0.15, 0.2) is 48.5 Å². The first-order valence-electron chi connectivity index (χ1n) is 12.0. The van der Waals surface area contributed by atoms with E-state index in [0.717, 1.165) is 11.5 Å². The van der Waals surface area contributed by atoms with Gasteiger partial charge in [0, 0.05) is 0 Å². The summed E-state index contributed by atoms with van der Waals surface area (Å²) in [5, 5.41) is 0. The average Bonchev–Trinajstić information content (AvgIpc) is 2.79. The Morgan fingerprint density at radius 1 is 0.839 bits per heavy atom. The first-order chi connectivity index (χ1) is 15.1. The zero-order valence-corrected chi connectivity index (χ0v) is 22.1. The first kappa shape index (κ1) is 24.4. The van der Waals surface area contributed by atoms with Crippen molar-refractivity contribution in [3.8, 4) is 11.5 Å². The molecule has 1 heterocycles. The number of hydrogen-bond acceptors (Lipinski definition) is 2. The van der Waals surface area contributed by atoms with Gasteiger partial charge in [-0.3, -0.25) is 0 Å². The molecule has 0 spiro atoms. The van der Waals surface area contributed by atoms with Gasteiger partial charge in [-0.1, -0.05) is 0 Å². The maximum atomic E-state index is 5.64. The minimum absolute atomic E-state index is 0.0427. The van der Waals surface area contributed by atoms with E-state index in [2.05, 4.69) is 62.4 Å². The summed E-state index contributed by atoms with van der Waals surface area (Å²) in [6, 6.07) is 17.6. The van der Waals surface area contributed by atoms with Crippen molar-refractivity contribution in [2.75, 3.05) is 27.5 Å². The third-order valence-electron chi connectivity index (χ3n) is 7.00. The summed E-state index contributed by atoms with van der Waals surface area (Å²) in [7, 11) is 3.54. The van der Waals surface area contributed by atoms with Crippen molar-refractivity contribution in [3.63, 3.8) is 0 Å². The summed E-state index contributed by atoms with van der Waals surface area (Å²) in [6.45, 7) is 4.84. The molecule has 3 rings (SSSR count). The van der Waals surface area contributed by atoms with Crippen molar-refractivity contribution in [2.24, 2.45) is 5.92 Å². The number of rotatable bonds is 9. The van der Waals surface area contributed by atoms with Gasteiger partial charge in [0.15, 0.2) is 0 Å². The second-order valence-electron chi connectivity index (χ2n) is 9.02. The number of benzene rings is 2. The Labute approximate surface area is 197 Å². The van der Waals surface area contributed by atoms with Gasteiger partial charge in [0.2, 0.25) is 0 Å². The summed E-state index contributed by atoms with van der Waals surface area (Å²) in [4.78, 5) is 0. The minimum atomic E-state index is -0.940. The van der Waals surface area contributed by atoms with Gasteiger partial charge < -0.3 is 0 Å². The molecule has 1 aliphatic heterocycles. The fraction of sp³-hybridized carbons (Fsp3) is 0.571. The molecule has 1 fully saturated rings. The SMILES string of the molecule is CCCC(CI1CCCCCCC1)C(C)(c1cccc(OC)c1)c1cccc(OC)c1. The van der Waals surface area contributed by atoms with Crippen molar-refractivity contribution in [1.29, 1.82) is 0 Å². The van der Waals surface area contributed by atoms with Gasteiger partial charge in [-0.2, -0.15) is 0 Å². The van der Waals surface area contributed by atoms with Crippen LogP contribution in [0.3, 0.4) is 0 Å². The number of methoxy groups -OCH3 is 2. The molecule has 1 aliphatic rings. The molecule has 1 unspecified atom stereocenters. The van der Waals surface area contributed by atoms with Crippen molar-refractivity contribution in [2.45, 2.75) is 64.2 Å². The summed E-state index contributed by atoms with van der Waals surface area (Å²) in [5.74, 6) is 2.56. The first-order valence-corrected chi connectivity index (χ1v) is 16.6. The van der Waals surface area contributed by atoms with Crippen molar-refractivity contribution < 1.29 is 9.47 Å². The second kappa shape index (κ2) is 12.1. The van der Waals surface area contributed by atoms with Crippen molar-refractivity contribution >= 4 is 19.8 Å². The van der Waals surface area contributed by atoms with Gasteiger partial charge in [0.05, 0.1) is 0 Å². The molecule has 2 nitrogen and oxygen atoms in total. The average molecular weight is 537 g/mol. The summed E-state index contributed by atoms with van der Waals surface area (Å²) in [5.41, 5.74) is 2.71. The summed E-state index contributed by atoms with van der Waals surface area (Å²) < 4.78 is 15.8. The Bertz CT molecular complexity index is 748. The monoisotopic (exact) mass is 536 g/mol. The van der Waals surface area contributed by atoms with E-state index in [9.17, 15) is 0 Å². The van der Waals surface area contributed by atoms with Gasteiger partial charge in [0.25, 0.3) is 0 Å². The molecule has 2 aromatic carbocycles. The molecule has 0 N–H and O–H groups in total. The fourth-order valence-corrected chi connectivity index (χ4v) is 12.5. The third kappa shape index (κ3) is 6.18. The van der Waals surface area contributed by atoms with Gasteiger partial charge in [-0.25, -0.2) is 0 Å². The predicted octanol–water partition coefficient (Wildman–Crippen LogP) is 7.90. The van der Waals surface area contributed by atoms with Crippen molar-refractivity contribution in [3.05, 3.63) is 59.7 Å². The zero-order chi connectivity index (χ0) is 22.1. The van der Waals surface area contributed by atoms with Gasteiger partial charge in [0.1, 0.15) is 0 Å². The molecule has 0 aliphatic carbocycles. The Balaban J connectivity index is 2.04. The molecule has 31 heavy (non-hydrogen) atoms. The zero-order valence-electron chi connectivity index (χ0n) is 20.0. The molecule has 3 heteroatoms. The molecule has 0 bridgehead atoms. The van der Waals surface area contributed by atoms with E-state index >= 15 is 0 Å².